The minimum atomic E-state index is -0.272. The predicted octanol–water partition coefficient (Wildman–Crippen LogP) is 1.38. The van der Waals surface area contributed by atoms with Crippen molar-refractivity contribution >= 4 is 11.6 Å². The van der Waals surface area contributed by atoms with Crippen molar-refractivity contribution in [3.05, 3.63) is 29.3 Å². The molecule has 4 heteroatoms. The molecule has 0 radical (unpaired) electrons. The molecule has 1 fully saturated rings. The van der Waals surface area contributed by atoms with Gasteiger partial charge in [-0.05, 0) is 44.4 Å². The Morgan fingerprint density at radius 3 is 2.68 bits per heavy atom. The molecule has 0 spiro atoms. The van der Waals surface area contributed by atoms with Gasteiger partial charge in [-0.1, -0.05) is 18.2 Å². The van der Waals surface area contributed by atoms with Gasteiger partial charge in [-0.2, -0.15) is 0 Å². The van der Waals surface area contributed by atoms with Crippen molar-refractivity contribution in [2.75, 3.05) is 24.6 Å². The number of carbonyl (C=O) groups is 1. The maximum Gasteiger partial charge on any atom is 0.244 e. The van der Waals surface area contributed by atoms with Crippen molar-refractivity contribution in [2.24, 2.45) is 0 Å². The number of anilines is 1. The second kappa shape index (κ2) is 6.17. The third-order valence-corrected chi connectivity index (χ3v) is 3.64. The summed E-state index contributed by atoms with van der Waals surface area (Å²) in [6.45, 7) is 5.66. The monoisotopic (exact) mass is 262 g/mol. The quantitative estimate of drug-likeness (QED) is 0.865. The second-order valence-corrected chi connectivity index (χ2v) is 5.10. The first kappa shape index (κ1) is 14.0. The number of benzene rings is 1. The molecule has 2 rings (SSSR count). The van der Waals surface area contributed by atoms with E-state index in [4.69, 9.17) is 5.11 Å². The van der Waals surface area contributed by atoms with Gasteiger partial charge in [0, 0.05) is 18.8 Å². The lowest BCUT2D eigenvalue weighted by Gasteiger charge is -2.27. The number of aliphatic hydroxyl groups is 1. The van der Waals surface area contributed by atoms with E-state index in [0.717, 1.165) is 36.3 Å². The average Bonchev–Trinajstić information content (AvgIpc) is 2.54. The van der Waals surface area contributed by atoms with Gasteiger partial charge in [0.05, 0.1) is 6.04 Å². The molecule has 1 atom stereocenters. The molecule has 0 aliphatic carbocycles. The van der Waals surface area contributed by atoms with Crippen LogP contribution >= 0.6 is 0 Å². The molecule has 0 saturated carbocycles. The van der Waals surface area contributed by atoms with Crippen molar-refractivity contribution in [3.63, 3.8) is 0 Å². The van der Waals surface area contributed by atoms with E-state index in [1.165, 1.54) is 0 Å². The molecule has 1 aliphatic rings. The SMILES string of the molecule is Cc1cccc(C)c1N1CCCNC(CCO)C1=O. The summed E-state index contributed by atoms with van der Waals surface area (Å²) in [5.41, 5.74) is 3.27. The topological polar surface area (TPSA) is 52.6 Å². The van der Waals surface area contributed by atoms with E-state index in [9.17, 15) is 4.79 Å². The van der Waals surface area contributed by atoms with Crippen molar-refractivity contribution < 1.29 is 9.90 Å². The maximum absolute atomic E-state index is 12.6. The molecule has 1 unspecified atom stereocenters. The fourth-order valence-electron chi connectivity index (χ4n) is 2.71. The van der Waals surface area contributed by atoms with Crippen LogP contribution in [0.5, 0.6) is 0 Å². The minimum absolute atomic E-state index is 0.0317. The highest BCUT2D eigenvalue weighted by Gasteiger charge is 2.28. The second-order valence-electron chi connectivity index (χ2n) is 5.10. The molecule has 0 aromatic heterocycles. The molecule has 1 aromatic rings. The lowest BCUT2D eigenvalue weighted by molar-refractivity contribution is -0.120. The Kier molecular flexibility index (Phi) is 4.56. The fourth-order valence-corrected chi connectivity index (χ4v) is 2.71. The standard InChI is InChI=1S/C15H22N2O2/c1-11-5-3-6-12(2)14(11)17-9-4-8-16-13(7-10-18)15(17)19/h3,5-6,13,16,18H,4,7-10H2,1-2H3. The summed E-state index contributed by atoms with van der Waals surface area (Å²) < 4.78 is 0. The summed E-state index contributed by atoms with van der Waals surface area (Å²) in [6.07, 6.45) is 1.40. The van der Waals surface area contributed by atoms with Crippen molar-refractivity contribution in [3.8, 4) is 0 Å². The third-order valence-electron chi connectivity index (χ3n) is 3.64. The maximum atomic E-state index is 12.6. The van der Waals surface area contributed by atoms with Crippen LogP contribution < -0.4 is 10.2 Å². The Bertz CT molecular complexity index is 439. The van der Waals surface area contributed by atoms with Gasteiger partial charge in [0.1, 0.15) is 0 Å². The number of aryl methyl sites for hydroxylation is 2. The Labute approximate surface area is 114 Å². The summed E-state index contributed by atoms with van der Waals surface area (Å²) in [6, 6.07) is 5.82. The lowest BCUT2D eigenvalue weighted by atomic mass is 10.1. The number of rotatable bonds is 3. The summed E-state index contributed by atoms with van der Waals surface area (Å²) in [4.78, 5) is 14.5. The zero-order chi connectivity index (χ0) is 13.8. The first-order chi connectivity index (χ1) is 9.15. The van der Waals surface area contributed by atoms with Gasteiger partial charge >= 0.3 is 0 Å². The van der Waals surface area contributed by atoms with E-state index in [1.54, 1.807) is 0 Å². The van der Waals surface area contributed by atoms with Crippen molar-refractivity contribution in [2.45, 2.75) is 32.7 Å². The highest BCUT2D eigenvalue weighted by atomic mass is 16.3. The van der Waals surface area contributed by atoms with Crippen LogP contribution in [0.2, 0.25) is 0 Å². The number of amides is 1. The van der Waals surface area contributed by atoms with Crippen LogP contribution in [0.25, 0.3) is 0 Å². The molecule has 1 saturated heterocycles. The summed E-state index contributed by atoms with van der Waals surface area (Å²) in [5.74, 6) is 0.0731. The molecule has 19 heavy (non-hydrogen) atoms. The minimum Gasteiger partial charge on any atom is -0.396 e. The first-order valence-electron chi connectivity index (χ1n) is 6.87. The normalized spacial score (nSPS) is 20.5. The van der Waals surface area contributed by atoms with Gasteiger partial charge in [0.15, 0.2) is 0 Å². The van der Waals surface area contributed by atoms with Gasteiger partial charge < -0.3 is 15.3 Å². The van der Waals surface area contributed by atoms with Crippen LogP contribution in [-0.2, 0) is 4.79 Å². The number of nitrogens with zero attached hydrogens (tertiary/aromatic N) is 1. The van der Waals surface area contributed by atoms with Crippen LogP contribution in [0.3, 0.4) is 0 Å². The van der Waals surface area contributed by atoms with E-state index >= 15 is 0 Å². The number of para-hydroxylation sites is 1. The zero-order valence-electron chi connectivity index (χ0n) is 11.6. The number of aliphatic hydroxyl groups excluding tert-OH is 1. The predicted molar refractivity (Wildman–Crippen MR) is 76.4 cm³/mol. The summed E-state index contributed by atoms with van der Waals surface area (Å²) >= 11 is 0. The third kappa shape index (κ3) is 2.96. The number of hydrogen-bond donors (Lipinski definition) is 2. The number of hydrogen-bond acceptors (Lipinski definition) is 3. The number of nitrogens with one attached hydrogen (secondary N) is 1. The van der Waals surface area contributed by atoms with Gasteiger partial charge in [-0.25, -0.2) is 0 Å². The van der Waals surface area contributed by atoms with E-state index < -0.39 is 0 Å². The van der Waals surface area contributed by atoms with Gasteiger partial charge in [0.25, 0.3) is 0 Å². The van der Waals surface area contributed by atoms with Gasteiger partial charge in [0.2, 0.25) is 5.91 Å². The fraction of sp³-hybridized carbons (Fsp3) is 0.533. The molecule has 1 heterocycles. The molecule has 2 N–H and O–H groups in total. The van der Waals surface area contributed by atoms with Crippen molar-refractivity contribution in [1.82, 2.24) is 5.32 Å². The van der Waals surface area contributed by atoms with Crippen molar-refractivity contribution in [1.29, 1.82) is 0 Å². The van der Waals surface area contributed by atoms with Crippen LogP contribution in [0.15, 0.2) is 18.2 Å². The van der Waals surface area contributed by atoms with E-state index in [2.05, 4.69) is 5.32 Å². The van der Waals surface area contributed by atoms with Gasteiger partial charge in [-0.15, -0.1) is 0 Å². The largest absolute Gasteiger partial charge is 0.396 e. The molecular formula is C15H22N2O2. The summed E-state index contributed by atoms with van der Waals surface area (Å²) in [7, 11) is 0. The Morgan fingerprint density at radius 2 is 2.05 bits per heavy atom. The Balaban J connectivity index is 2.33. The van der Waals surface area contributed by atoms with Crippen LogP contribution in [0, 0.1) is 13.8 Å². The molecule has 1 aromatic carbocycles. The zero-order valence-corrected chi connectivity index (χ0v) is 11.6. The molecule has 0 bridgehead atoms. The Hall–Kier alpha value is -1.39. The van der Waals surface area contributed by atoms with Crippen LogP contribution in [0.1, 0.15) is 24.0 Å². The highest BCUT2D eigenvalue weighted by Crippen LogP contribution is 2.26. The molecule has 1 aliphatic heterocycles. The lowest BCUT2D eigenvalue weighted by Crippen LogP contribution is -2.44. The smallest absolute Gasteiger partial charge is 0.244 e. The average molecular weight is 262 g/mol. The molecular weight excluding hydrogens is 240 g/mol. The van der Waals surface area contributed by atoms with Gasteiger partial charge in [-0.3, -0.25) is 4.79 Å². The van der Waals surface area contributed by atoms with E-state index in [0.29, 0.717) is 6.42 Å². The summed E-state index contributed by atoms with van der Waals surface area (Å²) in [5, 5.41) is 12.3. The highest BCUT2D eigenvalue weighted by molar-refractivity contribution is 5.98. The van der Waals surface area contributed by atoms with E-state index in [-0.39, 0.29) is 18.6 Å². The van der Waals surface area contributed by atoms with Crippen LogP contribution in [-0.4, -0.2) is 36.8 Å². The Morgan fingerprint density at radius 1 is 1.37 bits per heavy atom. The molecule has 1 amide bonds. The number of carbonyl (C=O) groups excluding carboxylic acids is 1. The van der Waals surface area contributed by atoms with E-state index in [1.807, 2.05) is 36.9 Å². The molecule has 104 valence electrons. The van der Waals surface area contributed by atoms with Crippen LogP contribution in [0.4, 0.5) is 5.69 Å². The first-order valence-corrected chi connectivity index (χ1v) is 6.87. The molecule has 4 nitrogen and oxygen atoms in total.